The van der Waals surface area contributed by atoms with E-state index in [1.54, 1.807) is 6.92 Å². The number of hydrogen-bond donors (Lipinski definition) is 2. The van der Waals surface area contributed by atoms with Gasteiger partial charge in [-0.05, 0) is 50.2 Å². The van der Waals surface area contributed by atoms with Gasteiger partial charge in [0.2, 0.25) is 11.8 Å². The number of ether oxygens (including phenoxy) is 1. The first-order chi connectivity index (χ1) is 15.8. The van der Waals surface area contributed by atoms with E-state index < -0.39 is 5.54 Å². The number of likely N-dealkylation sites (tertiary alicyclic amines) is 1. The van der Waals surface area contributed by atoms with Crippen molar-refractivity contribution in [3.63, 3.8) is 0 Å². The van der Waals surface area contributed by atoms with Crippen molar-refractivity contribution in [1.82, 2.24) is 10.2 Å². The van der Waals surface area contributed by atoms with Crippen LogP contribution in [0.25, 0.3) is 0 Å². The highest BCUT2D eigenvalue weighted by molar-refractivity contribution is 5.90. The molecule has 2 aromatic rings. The van der Waals surface area contributed by atoms with E-state index in [1.807, 2.05) is 53.4 Å². The minimum Gasteiger partial charge on any atom is -0.457 e. The second-order valence-corrected chi connectivity index (χ2v) is 10.1. The minimum atomic E-state index is -0.853. The van der Waals surface area contributed by atoms with E-state index in [9.17, 15) is 9.59 Å². The third kappa shape index (κ3) is 5.06. The molecule has 1 atom stereocenters. The summed E-state index contributed by atoms with van der Waals surface area (Å²) in [6.07, 6.45) is 2.38. The van der Waals surface area contributed by atoms with Crippen molar-refractivity contribution in [3.05, 3.63) is 59.7 Å². The van der Waals surface area contributed by atoms with Gasteiger partial charge in [0.05, 0.1) is 11.5 Å². The maximum absolute atomic E-state index is 13.7. The number of hydrogen-bond acceptors (Lipinski definition) is 4. The van der Waals surface area contributed by atoms with E-state index in [0.717, 1.165) is 35.5 Å². The maximum Gasteiger partial charge on any atom is 0.239 e. The fourth-order valence-corrected chi connectivity index (χ4v) is 5.10. The average molecular weight is 450 g/mol. The van der Waals surface area contributed by atoms with Crippen molar-refractivity contribution >= 4 is 11.8 Å². The largest absolute Gasteiger partial charge is 0.457 e. The highest BCUT2D eigenvalue weighted by Gasteiger charge is 2.36. The van der Waals surface area contributed by atoms with Crippen LogP contribution in [0.2, 0.25) is 0 Å². The zero-order chi connectivity index (χ0) is 23.6. The summed E-state index contributed by atoms with van der Waals surface area (Å²) < 4.78 is 6.05. The molecule has 4 rings (SSSR count). The molecule has 0 aromatic heterocycles. The van der Waals surface area contributed by atoms with Gasteiger partial charge in [0.25, 0.3) is 0 Å². The summed E-state index contributed by atoms with van der Waals surface area (Å²) in [5.41, 5.74) is 7.21. The van der Waals surface area contributed by atoms with Crippen LogP contribution in [0.5, 0.6) is 11.5 Å². The molecule has 1 saturated heterocycles. The van der Waals surface area contributed by atoms with E-state index in [-0.39, 0.29) is 17.7 Å². The lowest BCUT2D eigenvalue weighted by Gasteiger charge is -2.36. The van der Waals surface area contributed by atoms with E-state index in [1.165, 1.54) is 0 Å². The zero-order valence-electron chi connectivity index (χ0n) is 19.8. The van der Waals surface area contributed by atoms with Crippen LogP contribution < -0.4 is 15.8 Å². The molecule has 0 radical (unpaired) electrons. The maximum atomic E-state index is 13.7. The van der Waals surface area contributed by atoms with Gasteiger partial charge in [0.15, 0.2) is 0 Å². The third-order valence-electron chi connectivity index (χ3n) is 6.76. The Hall–Kier alpha value is -2.86. The number of piperidine rings is 1. The molecule has 33 heavy (non-hydrogen) atoms. The number of para-hydroxylation sites is 2. The van der Waals surface area contributed by atoms with E-state index in [2.05, 4.69) is 19.2 Å². The molecular weight excluding hydrogens is 414 g/mol. The van der Waals surface area contributed by atoms with Crippen LogP contribution in [0, 0.1) is 11.8 Å². The Balaban J connectivity index is 1.38. The molecule has 6 heteroatoms. The van der Waals surface area contributed by atoms with Crippen LogP contribution in [-0.4, -0.2) is 41.9 Å². The quantitative estimate of drug-likeness (QED) is 0.697. The molecule has 6 nitrogen and oxygen atoms in total. The van der Waals surface area contributed by atoms with Gasteiger partial charge in [-0.1, -0.05) is 50.2 Å². The smallest absolute Gasteiger partial charge is 0.239 e. The number of carbonyl (C=O) groups is 2. The van der Waals surface area contributed by atoms with Crippen LogP contribution in [0.3, 0.4) is 0 Å². The fraction of sp³-hybridized carbons (Fsp3) is 0.481. The van der Waals surface area contributed by atoms with Crippen LogP contribution in [0.15, 0.2) is 48.5 Å². The van der Waals surface area contributed by atoms with Crippen LogP contribution >= 0.6 is 0 Å². The van der Waals surface area contributed by atoms with Gasteiger partial charge in [-0.3, -0.25) is 9.59 Å². The lowest BCUT2D eigenvalue weighted by Crippen LogP contribution is -2.53. The molecular formula is C27H35N3O3. The average Bonchev–Trinajstić information content (AvgIpc) is 2.80. The van der Waals surface area contributed by atoms with Crippen molar-refractivity contribution in [2.75, 3.05) is 19.6 Å². The van der Waals surface area contributed by atoms with Crippen molar-refractivity contribution in [1.29, 1.82) is 0 Å². The predicted molar refractivity (Wildman–Crippen MR) is 129 cm³/mol. The summed E-state index contributed by atoms with van der Waals surface area (Å²) in [5.74, 6) is 1.88. The molecule has 176 valence electrons. The second kappa shape index (κ2) is 9.56. The molecule has 1 fully saturated rings. The SMILES string of the molecule is CC(C)CC(C)(N)C(=O)NCC1CCN(C(=O)C2c3ccccc3Oc3ccccc32)CC1. The van der Waals surface area contributed by atoms with Gasteiger partial charge in [-0.15, -0.1) is 0 Å². The molecule has 0 bridgehead atoms. The summed E-state index contributed by atoms with van der Waals surface area (Å²) in [6, 6.07) is 15.6. The first-order valence-electron chi connectivity index (χ1n) is 12.0. The Bertz CT molecular complexity index is 964. The Morgan fingerprint density at radius 1 is 1.06 bits per heavy atom. The number of rotatable bonds is 6. The van der Waals surface area contributed by atoms with Gasteiger partial charge >= 0.3 is 0 Å². The second-order valence-electron chi connectivity index (χ2n) is 10.1. The topological polar surface area (TPSA) is 84.7 Å². The van der Waals surface area contributed by atoms with Gasteiger partial charge in [-0.25, -0.2) is 0 Å². The molecule has 2 aliphatic rings. The van der Waals surface area contributed by atoms with E-state index in [0.29, 0.717) is 37.9 Å². The molecule has 2 amide bonds. The Kier molecular flexibility index (Phi) is 6.75. The molecule has 0 aliphatic carbocycles. The van der Waals surface area contributed by atoms with Gasteiger partial charge in [-0.2, -0.15) is 0 Å². The normalized spacial score (nSPS) is 18.2. The standard InChI is InChI=1S/C27H35N3O3/c1-18(2)16-27(3,28)26(32)29-17-19-12-14-30(15-13-19)25(31)24-20-8-4-6-10-22(20)33-23-11-7-5-9-21(23)24/h4-11,18-19,24H,12-17,28H2,1-3H3,(H,29,32). The highest BCUT2D eigenvalue weighted by atomic mass is 16.5. The fourth-order valence-electron chi connectivity index (χ4n) is 5.10. The third-order valence-corrected chi connectivity index (χ3v) is 6.76. The van der Waals surface area contributed by atoms with Crippen molar-refractivity contribution in [3.8, 4) is 11.5 Å². The number of nitrogens with two attached hydrogens (primary N) is 1. The first-order valence-corrected chi connectivity index (χ1v) is 12.0. The zero-order valence-corrected chi connectivity index (χ0v) is 19.8. The number of nitrogens with one attached hydrogen (secondary N) is 1. The highest BCUT2D eigenvalue weighted by Crippen LogP contribution is 2.44. The summed E-state index contributed by atoms with van der Waals surface area (Å²) in [4.78, 5) is 28.2. The number of fused-ring (bicyclic) bond motifs is 2. The van der Waals surface area contributed by atoms with Crippen molar-refractivity contribution in [2.24, 2.45) is 17.6 Å². The van der Waals surface area contributed by atoms with Crippen molar-refractivity contribution in [2.45, 2.75) is 51.5 Å². The summed E-state index contributed by atoms with van der Waals surface area (Å²) >= 11 is 0. The Morgan fingerprint density at radius 3 is 2.15 bits per heavy atom. The molecule has 2 heterocycles. The summed E-state index contributed by atoms with van der Waals surface area (Å²) in [6.45, 7) is 7.92. The van der Waals surface area contributed by atoms with Crippen LogP contribution in [0.4, 0.5) is 0 Å². The van der Waals surface area contributed by atoms with E-state index >= 15 is 0 Å². The predicted octanol–water partition coefficient (Wildman–Crippen LogP) is 4.04. The molecule has 0 saturated carbocycles. The van der Waals surface area contributed by atoms with Gasteiger partial charge in [0, 0.05) is 30.8 Å². The van der Waals surface area contributed by atoms with Crippen molar-refractivity contribution < 1.29 is 14.3 Å². The van der Waals surface area contributed by atoms with Gasteiger partial charge < -0.3 is 20.7 Å². The number of nitrogens with zero attached hydrogens (tertiary/aromatic N) is 1. The van der Waals surface area contributed by atoms with Crippen LogP contribution in [-0.2, 0) is 9.59 Å². The van der Waals surface area contributed by atoms with Crippen LogP contribution in [0.1, 0.15) is 57.1 Å². The molecule has 2 aromatic carbocycles. The Morgan fingerprint density at radius 2 is 1.61 bits per heavy atom. The number of benzene rings is 2. The first kappa shape index (κ1) is 23.3. The minimum absolute atomic E-state index is 0.0925. The number of carbonyl (C=O) groups excluding carboxylic acids is 2. The lowest BCUT2D eigenvalue weighted by atomic mass is 9.86. The number of amides is 2. The summed E-state index contributed by atoms with van der Waals surface area (Å²) in [5, 5.41) is 3.05. The van der Waals surface area contributed by atoms with Gasteiger partial charge in [0.1, 0.15) is 11.5 Å². The monoisotopic (exact) mass is 449 g/mol. The lowest BCUT2D eigenvalue weighted by molar-refractivity contribution is -0.133. The Labute approximate surface area is 196 Å². The van der Waals surface area contributed by atoms with E-state index in [4.69, 9.17) is 10.5 Å². The molecule has 3 N–H and O–H groups in total. The summed E-state index contributed by atoms with van der Waals surface area (Å²) in [7, 11) is 0. The molecule has 0 spiro atoms. The molecule has 2 aliphatic heterocycles. The molecule has 1 unspecified atom stereocenters.